The smallest absolute Gasteiger partial charge is 0.236 e. The molecule has 1 unspecified atom stereocenters. The van der Waals surface area contributed by atoms with Crippen LogP contribution in [-0.2, 0) is 4.79 Å². The van der Waals surface area contributed by atoms with E-state index in [1.807, 2.05) is 30.0 Å². The largest absolute Gasteiger partial charge is 0.368 e. The summed E-state index contributed by atoms with van der Waals surface area (Å²) in [6, 6.07) is 10.4. The lowest BCUT2D eigenvalue weighted by Gasteiger charge is -2.36. The van der Waals surface area contributed by atoms with Gasteiger partial charge in [-0.25, -0.2) is 0 Å². The first kappa shape index (κ1) is 12.4. The minimum absolute atomic E-state index is 0.0780. The van der Waals surface area contributed by atoms with E-state index in [0.717, 1.165) is 26.2 Å². The molecule has 1 amide bonds. The molecule has 1 aromatic carbocycles. The Morgan fingerprint density at radius 2 is 1.76 bits per heavy atom. The highest BCUT2D eigenvalue weighted by Gasteiger charge is 2.23. The molecule has 0 bridgehead atoms. The third-order valence-corrected chi connectivity index (χ3v) is 3.44. The highest BCUT2D eigenvalue weighted by molar-refractivity contribution is 9.10. The van der Waals surface area contributed by atoms with Gasteiger partial charge < -0.3 is 9.80 Å². The number of carbonyl (C=O) groups is 1. The van der Waals surface area contributed by atoms with Crippen LogP contribution >= 0.6 is 15.9 Å². The standard InChI is InChI=1S/C13H17BrN2O/c1-11(14)13(17)16-9-7-15(8-10-16)12-5-3-2-4-6-12/h2-6,11H,7-10H2,1H3. The molecule has 1 atom stereocenters. The van der Waals surface area contributed by atoms with Crippen molar-refractivity contribution in [2.24, 2.45) is 0 Å². The molecule has 2 rings (SSSR count). The molecule has 0 radical (unpaired) electrons. The summed E-state index contributed by atoms with van der Waals surface area (Å²) < 4.78 is 0. The maximum absolute atomic E-state index is 11.8. The average Bonchev–Trinajstić information content (AvgIpc) is 2.39. The van der Waals surface area contributed by atoms with Gasteiger partial charge in [0.15, 0.2) is 0 Å². The molecule has 0 saturated carbocycles. The van der Waals surface area contributed by atoms with Gasteiger partial charge in [0.2, 0.25) is 5.91 Å². The van der Waals surface area contributed by atoms with Crippen molar-refractivity contribution in [2.75, 3.05) is 31.1 Å². The number of hydrogen-bond acceptors (Lipinski definition) is 2. The second kappa shape index (κ2) is 5.54. The van der Waals surface area contributed by atoms with Crippen LogP contribution in [0.2, 0.25) is 0 Å². The molecule has 1 heterocycles. The average molecular weight is 297 g/mol. The fraction of sp³-hybridized carbons (Fsp3) is 0.462. The van der Waals surface area contributed by atoms with E-state index < -0.39 is 0 Å². The molecule has 1 aliphatic heterocycles. The first-order valence-electron chi connectivity index (χ1n) is 5.91. The number of nitrogens with zero attached hydrogens (tertiary/aromatic N) is 2. The Morgan fingerprint density at radius 1 is 1.18 bits per heavy atom. The first-order chi connectivity index (χ1) is 8.18. The van der Waals surface area contributed by atoms with Gasteiger partial charge in [0, 0.05) is 31.9 Å². The zero-order valence-corrected chi connectivity index (χ0v) is 11.6. The summed E-state index contributed by atoms with van der Waals surface area (Å²) in [6.45, 7) is 5.32. The number of piperazine rings is 1. The second-order valence-electron chi connectivity index (χ2n) is 4.26. The number of amides is 1. The van der Waals surface area contributed by atoms with E-state index in [-0.39, 0.29) is 10.7 Å². The van der Waals surface area contributed by atoms with Crippen LogP contribution in [0.25, 0.3) is 0 Å². The van der Waals surface area contributed by atoms with Gasteiger partial charge >= 0.3 is 0 Å². The third kappa shape index (κ3) is 3.00. The number of alkyl halides is 1. The summed E-state index contributed by atoms with van der Waals surface area (Å²) in [4.78, 5) is 16.0. The Morgan fingerprint density at radius 3 is 2.29 bits per heavy atom. The normalized spacial score (nSPS) is 18.0. The lowest BCUT2D eigenvalue weighted by Crippen LogP contribution is -2.50. The van der Waals surface area contributed by atoms with Crippen LogP contribution in [0.4, 0.5) is 5.69 Å². The zero-order chi connectivity index (χ0) is 12.3. The van der Waals surface area contributed by atoms with E-state index in [9.17, 15) is 4.79 Å². The van der Waals surface area contributed by atoms with Crippen LogP contribution in [0.1, 0.15) is 6.92 Å². The molecule has 1 aromatic rings. The Hall–Kier alpha value is -1.03. The molecule has 0 spiro atoms. The molecule has 92 valence electrons. The summed E-state index contributed by atoms with van der Waals surface area (Å²) in [5.74, 6) is 0.192. The summed E-state index contributed by atoms with van der Waals surface area (Å²) >= 11 is 3.33. The van der Waals surface area contributed by atoms with Crippen molar-refractivity contribution < 1.29 is 4.79 Å². The highest BCUT2D eigenvalue weighted by atomic mass is 79.9. The van der Waals surface area contributed by atoms with Crippen molar-refractivity contribution in [2.45, 2.75) is 11.8 Å². The highest BCUT2D eigenvalue weighted by Crippen LogP contribution is 2.16. The minimum Gasteiger partial charge on any atom is -0.368 e. The maximum Gasteiger partial charge on any atom is 0.236 e. The van der Waals surface area contributed by atoms with E-state index in [4.69, 9.17) is 0 Å². The predicted molar refractivity (Wildman–Crippen MR) is 73.6 cm³/mol. The number of carbonyl (C=O) groups excluding carboxylic acids is 1. The quantitative estimate of drug-likeness (QED) is 0.781. The van der Waals surface area contributed by atoms with E-state index in [1.54, 1.807) is 0 Å². The maximum atomic E-state index is 11.8. The van der Waals surface area contributed by atoms with Crippen molar-refractivity contribution in [3.63, 3.8) is 0 Å². The molecule has 1 saturated heterocycles. The molecular weight excluding hydrogens is 280 g/mol. The van der Waals surface area contributed by atoms with Crippen LogP contribution < -0.4 is 4.90 Å². The van der Waals surface area contributed by atoms with E-state index >= 15 is 0 Å². The van der Waals surface area contributed by atoms with Crippen molar-refractivity contribution in [3.05, 3.63) is 30.3 Å². The lowest BCUT2D eigenvalue weighted by molar-refractivity contribution is -0.130. The van der Waals surface area contributed by atoms with Gasteiger partial charge in [-0.1, -0.05) is 34.1 Å². The fourth-order valence-corrected chi connectivity index (χ4v) is 2.36. The van der Waals surface area contributed by atoms with Crippen LogP contribution in [0, 0.1) is 0 Å². The Kier molecular flexibility index (Phi) is 4.05. The van der Waals surface area contributed by atoms with Gasteiger partial charge in [0.1, 0.15) is 0 Å². The van der Waals surface area contributed by atoms with Crippen LogP contribution in [0.3, 0.4) is 0 Å². The zero-order valence-electron chi connectivity index (χ0n) is 9.97. The van der Waals surface area contributed by atoms with E-state index in [2.05, 4.69) is 33.0 Å². The number of benzene rings is 1. The number of para-hydroxylation sites is 1. The Balaban J connectivity index is 1.93. The monoisotopic (exact) mass is 296 g/mol. The molecule has 1 fully saturated rings. The summed E-state index contributed by atoms with van der Waals surface area (Å²) in [7, 11) is 0. The molecule has 1 aliphatic rings. The number of hydrogen-bond donors (Lipinski definition) is 0. The van der Waals surface area contributed by atoms with E-state index in [1.165, 1.54) is 5.69 Å². The van der Waals surface area contributed by atoms with Crippen molar-refractivity contribution >= 4 is 27.5 Å². The number of halogens is 1. The predicted octanol–water partition coefficient (Wildman–Crippen LogP) is 2.12. The van der Waals surface area contributed by atoms with Crippen molar-refractivity contribution in [3.8, 4) is 0 Å². The number of anilines is 1. The Labute approximate surface area is 111 Å². The molecule has 0 N–H and O–H groups in total. The second-order valence-corrected chi connectivity index (χ2v) is 5.64. The first-order valence-corrected chi connectivity index (χ1v) is 6.83. The lowest BCUT2D eigenvalue weighted by atomic mass is 10.2. The van der Waals surface area contributed by atoms with Crippen molar-refractivity contribution in [1.82, 2.24) is 4.90 Å². The summed E-state index contributed by atoms with van der Waals surface area (Å²) in [5.41, 5.74) is 1.24. The molecule has 3 nitrogen and oxygen atoms in total. The molecule has 17 heavy (non-hydrogen) atoms. The SMILES string of the molecule is CC(Br)C(=O)N1CCN(c2ccccc2)CC1. The fourth-order valence-electron chi connectivity index (χ4n) is 2.08. The van der Waals surface area contributed by atoms with Crippen LogP contribution in [0.15, 0.2) is 30.3 Å². The van der Waals surface area contributed by atoms with Crippen LogP contribution in [-0.4, -0.2) is 41.8 Å². The summed E-state index contributed by atoms with van der Waals surface area (Å²) in [6.07, 6.45) is 0. The van der Waals surface area contributed by atoms with E-state index in [0.29, 0.717) is 0 Å². The molecule has 0 aliphatic carbocycles. The minimum atomic E-state index is -0.0780. The van der Waals surface area contributed by atoms with Gasteiger partial charge in [0.25, 0.3) is 0 Å². The van der Waals surface area contributed by atoms with Crippen molar-refractivity contribution in [1.29, 1.82) is 0 Å². The number of rotatable bonds is 2. The topological polar surface area (TPSA) is 23.6 Å². The third-order valence-electron chi connectivity index (χ3n) is 3.05. The van der Waals surface area contributed by atoms with Gasteiger partial charge in [-0.3, -0.25) is 4.79 Å². The van der Waals surface area contributed by atoms with Gasteiger partial charge in [0.05, 0.1) is 4.83 Å². The van der Waals surface area contributed by atoms with Crippen LogP contribution in [0.5, 0.6) is 0 Å². The Bertz CT molecular complexity index is 372. The molecule has 4 heteroatoms. The summed E-state index contributed by atoms with van der Waals surface area (Å²) in [5, 5.41) is 0. The van der Waals surface area contributed by atoms with Gasteiger partial charge in [-0.05, 0) is 19.1 Å². The molecular formula is C13H17BrN2O. The van der Waals surface area contributed by atoms with Gasteiger partial charge in [-0.2, -0.15) is 0 Å². The molecule has 0 aromatic heterocycles. The van der Waals surface area contributed by atoms with Gasteiger partial charge in [-0.15, -0.1) is 0 Å².